The standard InChI is InChI=1S/C13H17NO3/c1-9-6-11(4-5-14-12(16)8-15)7-10(2)13(9)17-3/h6-8H,4-5H2,1-3H3,(H,14,16). The Balaban J connectivity index is 2.67. The van der Waals surface area contributed by atoms with Gasteiger partial charge in [-0.05, 0) is 37.0 Å². The zero-order valence-electron chi connectivity index (χ0n) is 10.4. The highest BCUT2D eigenvalue weighted by molar-refractivity contribution is 6.23. The highest BCUT2D eigenvalue weighted by atomic mass is 16.5. The molecule has 0 heterocycles. The highest BCUT2D eigenvalue weighted by Gasteiger charge is 2.05. The smallest absolute Gasteiger partial charge is 0.284 e. The molecule has 0 aliphatic heterocycles. The van der Waals surface area contributed by atoms with Crippen molar-refractivity contribution in [2.24, 2.45) is 0 Å². The maximum atomic E-state index is 10.7. The Morgan fingerprint density at radius 3 is 2.41 bits per heavy atom. The van der Waals surface area contributed by atoms with Crippen LogP contribution in [-0.4, -0.2) is 25.8 Å². The molecule has 0 atom stereocenters. The minimum absolute atomic E-state index is 0.282. The summed E-state index contributed by atoms with van der Waals surface area (Å²) in [7, 11) is 1.65. The van der Waals surface area contributed by atoms with Crippen LogP contribution in [0.1, 0.15) is 16.7 Å². The molecule has 1 N–H and O–H groups in total. The third kappa shape index (κ3) is 3.59. The van der Waals surface area contributed by atoms with Crippen molar-refractivity contribution in [1.82, 2.24) is 5.32 Å². The van der Waals surface area contributed by atoms with Crippen LogP contribution >= 0.6 is 0 Å². The van der Waals surface area contributed by atoms with E-state index in [-0.39, 0.29) is 6.29 Å². The van der Waals surface area contributed by atoms with Crippen molar-refractivity contribution in [2.75, 3.05) is 13.7 Å². The molecule has 0 bridgehead atoms. The van der Waals surface area contributed by atoms with Gasteiger partial charge in [0.15, 0.2) is 0 Å². The van der Waals surface area contributed by atoms with Gasteiger partial charge in [0.05, 0.1) is 7.11 Å². The van der Waals surface area contributed by atoms with E-state index < -0.39 is 5.91 Å². The summed E-state index contributed by atoms with van der Waals surface area (Å²) in [5.74, 6) is 0.317. The van der Waals surface area contributed by atoms with Gasteiger partial charge in [-0.15, -0.1) is 0 Å². The molecule has 1 aromatic carbocycles. The van der Waals surface area contributed by atoms with E-state index in [0.717, 1.165) is 22.4 Å². The number of carbonyl (C=O) groups excluding carboxylic acids is 2. The van der Waals surface area contributed by atoms with Crippen LogP contribution in [-0.2, 0) is 16.0 Å². The number of ether oxygens (including phenoxy) is 1. The van der Waals surface area contributed by atoms with Gasteiger partial charge in [-0.25, -0.2) is 0 Å². The summed E-state index contributed by atoms with van der Waals surface area (Å²) in [6, 6.07) is 4.05. The molecule has 0 saturated heterocycles. The van der Waals surface area contributed by atoms with Gasteiger partial charge >= 0.3 is 0 Å². The number of nitrogens with one attached hydrogen (secondary N) is 1. The Kier molecular flexibility index (Phi) is 4.69. The van der Waals surface area contributed by atoms with Crippen LogP contribution in [0.15, 0.2) is 12.1 Å². The number of amides is 1. The Labute approximate surface area is 101 Å². The first kappa shape index (κ1) is 13.2. The minimum atomic E-state index is -0.577. The van der Waals surface area contributed by atoms with Crippen LogP contribution in [0.5, 0.6) is 5.75 Å². The summed E-state index contributed by atoms with van der Waals surface area (Å²) in [5.41, 5.74) is 3.26. The molecule has 0 aliphatic carbocycles. The Bertz CT molecular complexity index is 404. The number of hydrogen-bond donors (Lipinski definition) is 1. The molecule has 1 aromatic rings. The fraction of sp³-hybridized carbons (Fsp3) is 0.385. The number of hydrogen-bond acceptors (Lipinski definition) is 3. The van der Waals surface area contributed by atoms with Gasteiger partial charge in [0.1, 0.15) is 5.75 Å². The monoisotopic (exact) mass is 235 g/mol. The summed E-state index contributed by atoms with van der Waals surface area (Å²) in [5, 5.41) is 2.51. The van der Waals surface area contributed by atoms with Gasteiger partial charge < -0.3 is 10.1 Å². The third-order valence-corrected chi connectivity index (χ3v) is 2.54. The van der Waals surface area contributed by atoms with E-state index in [4.69, 9.17) is 4.74 Å². The predicted octanol–water partition coefficient (Wildman–Crippen LogP) is 1.17. The van der Waals surface area contributed by atoms with E-state index in [1.165, 1.54) is 0 Å². The Morgan fingerprint density at radius 2 is 1.94 bits per heavy atom. The predicted molar refractivity (Wildman–Crippen MR) is 65.2 cm³/mol. The number of aldehydes is 1. The van der Waals surface area contributed by atoms with Crippen molar-refractivity contribution < 1.29 is 14.3 Å². The van der Waals surface area contributed by atoms with Crippen molar-refractivity contribution in [3.8, 4) is 5.75 Å². The molecule has 0 spiro atoms. The lowest BCUT2D eigenvalue weighted by Crippen LogP contribution is -2.26. The molecule has 0 unspecified atom stereocenters. The first-order valence-corrected chi connectivity index (χ1v) is 5.45. The molecule has 0 saturated carbocycles. The molecule has 0 aliphatic rings. The lowest BCUT2D eigenvalue weighted by Gasteiger charge is -2.11. The van der Waals surface area contributed by atoms with Gasteiger partial charge in [-0.2, -0.15) is 0 Å². The molecular weight excluding hydrogens is 218 g/mol. The summed E-state index contributed by atoms with van der Waals surface area (Å²) in [6.45, 7) is 4.43. The minimum Gasteiger partial charge on any atom is -0.496 e. The van der Waals surface area contributed by atoms with E-state index in [1.807, 2.05) is 26.0 Å². The Hall–Kier alpha value is -1.84. The maximum Gasteiger partial charge on any atom is 0.284 e. The van der Waals surface area contributed by atoms with Crippen LogP contribution in [0, 0.1) is 13.8 Å². The highest BCUT2D eigenvalue weighted by Crippen LogP contribution is 2.24. The lowest BCUT2D eigenvalue weighted by atomic mass is 10.0. The van der Waals surface area contributed by atoms with Crippen molar-refractivity contribution in [3.05, 3.63) is 28.8 Å². The van der Waals surface area contributed by atoms with Gasteiger partial charge in [-0.1, -0.05) is 12.1 Å². The summed E-state index contributed by atoms with van der Waals surface area (Å²) in [4.78, 5) is 20.8. The molecular formula is C13H17NO3. The largest absolute Gasteiger partial charge is 0.496 e. The van der Waals surface area contributed by atoms with Crippen LogP contribution in [0.3, 0.4) is 0 Å². The fourth-order valence-corrected chi connectivity index (χ4v) is 1.88. The second-order valence-electron chi connectivity index (χ2n) is 3.92. The summed E-state index contributed by atoms with van der Waals surface area (Å²) in [6.07, 6.45) is 0.982. The zero-order chi connectivity index (χ0) is 12.8. The molecule has 17 heavy (non-hydrogen) atoms. The molecule has 0 radical (unpaired) electrons. The average Bonchev–Trinajstić information content (AvgIpc) is 2.28. The number of methoxy groups -OCH3 is 1. The second-order valence-corrected chi connectivity index (χ2v) is 3.92. The van der Waals surface area contributed by atoms with Crippen LogP contribution in [0.4, 0.5) is 0 Å². The lowest BCUT2D eigenvalue weighted by molar-refractivity contribution is -0.131. The van der Waals surface area contributed by atoms with E-state index >= 15 is 0 Å². The summed E-state index contributed by atoms with van der Waals surface area (Å²) >= 11 is 0. The van der Waals surface area contributed by atoms with Gasteiger partial charge in [0, 0.05) is 6.54 Å². The molecule has 0 aromatic heterocycles. The number of rotatable bonds is 5. The van der Waals surface area contributed by atoms with E-state index in [1.54, 1.807) is 7.11 Å². The molecule has 1 rings (SSSR count). The Morgan fingerprint density at radius 1 is 1.35 bits per heavy atom. The number of benzene rings is 1. The maximum absolute atomic E-state index is 10.7. The van der Waals surface area contributed by atoms with Gasteiger partial charge in [0.25, 0.3) is 5.91 Å². The summed E-state index contributed by atoms with van der Waals surface area (Å²) < 4.78 is 5.27. The normalized spacial score (nSPS) is 9.82. The van der Waals surface area contributed by atoms with E-state index in [0.29, 0.717) is 13.0 Å². The fourth-order valence-electron chi connectivity index (χ4n) is 1.88. The van der Waals surface area contributed by atoms with Crippen LogP contribution in [0.2, 0.25) is 0 Å². The SMILES string of the molecule is COc1c(C)cc(CCNC(=O)C=O)cc1C. The first-order chi connectivity index (χ1) is 8.08. The second kappa shape index (κ2) is 6.03. The van der Waals surface area contributed by atoms with Crippen molar-refractivity contribution >= 4 is 12.2 Å². The quantitative estimate of drug-likeness (QED) is 0.615. The number of carbonyl (C=O) groups is 2. The van der Waals surface area contributed by atoms with E-state index in [9.17, 15) is 9.59 Å². The number of aryl methyl sites for hydroxylation is 2. The third-order valence-electron chi connectivity index (χ3n) is 2.54. The van der Waals surface area contributed by atoms with Crippen molar-refractivity contribution in [1.29, 1.82) is 0 Å². The van der Waals surface area contributed by atoms with Crippen molar-refractivity contribution in [3.63, 3.8) is 0 Å². The van der Waals surface area contributed by atoms with Gasteiger partial charge in [-0.3, -0.25) is 9.59 Å². The van der Waals surface area contributed by atoms with E-state index in [2.05, 4.69) is 5.32 Å². The molecule has 0 fully saturated rings. The first-order valence-electron chi connectivity index (χ1n) is 5.45. The van der Waals surface area contributed by atoms with Crippen molar-refractivity contribution in [2.45, 2.75) is 20.3 Å². The molecule has 4 heteroatoms. The topological polar surface area (TPSA) is 55.4 Å². The molecule has 4 nitrogen and oxygen atoms in total. The molecule has 1 amide bonds. The van der Waals surface area contributed by atoms with Crippen LogP contribution < -0.4 is 10.1 Å². The zero-order valence-corrected chi connectivity index (χ0v) is 10.4. The molecule has 92 valence electrons. The van der Waals surface area contributed by atoms with Gasteiger partial charge in [0.2, 0.25) is 6.29 Å². The average molecular weight is 235 g/mol. The van der Waals surface area contributed by atoms with Crippen LogP contribution in [0.25, 0.3) is 0 Å².